The van der Waals surface area contributed by atoms with Crippen molar-refractivity contribution in [2.45, 2.75) is 13.0 Å². The number of ether oxygens (including phenoxy) is 3. The third-order valence-corrected chi connectivity index (χ3v) is 5.05. The van der Waals surface area contributed by atoms with Gasteiger partial charge in [-0.15, -0.1) is 0 Å². The summed E-state index contributed by atoms with van der Waals surface area (Å²) in [5.41, 5.74) is 0.775. The summed E-state index contributed by atoms with van der Waals surface area (Å²) in [7, 11) is 2.97. The summed E-state index contributed by atoms with van der Waals surface area (Å²) in [6.45, 7) is 1.93. The van der Waals surface area contributed by atoms with Gasteiger partial charge in [-0.2, -0.15) is 0 Å². The molecule has 1 aliphatic rings. The molecule has 1 unspecified atom stereocenters. The lowest BCUT2D eigenvalue weighted by atomic mass is 9.94. The number of hydrogen-bond donors (Lipinski definition) is 2. The fourth-order valence-corrected chi connectivity index (χ4v) is 3.62. The Balaban J connectivity index is 2.17. The van der Waals surface area contributed by atoms with E-state index >= 15 is 0 Å². The van der Waals surface area contributed by atoms with Crippen molar-refractivity contribution in [3.05, 3.63) is 59.2 Å². The highest BCUT2D eigenvalue weighted by atomic mass is 16.5. The molecule has 1 amide bonds. The predicted molar refractivity (Wildman–Crippen MR) is 113 cm³/mol. The van der Waals surface area contributed by atoms with Gasteiger partial charge < -0.3 is 29.3 Å². The second kappa shape index (κ2) is 9.53. The average molecular weight is 427 g/mol. The van der Waals surface area contributed by atoms with Crippen LogP contribution in [0.15, 0.2) is 48.0 Å². The quantitative estimate of drug-likeness (QED) is 0.379. The molecule has 0 aliphatic carbocycles. The van der Waals surface area contributed by atoms with Gasteiger partial charge in [-0.25, -0.2) is 0 Å². The van der Waals surface area contributed by atoms with Gasteiger partial charge in [0.1, 0.15) is 23.0 Å². The van der Waals surface area contributed by atoms with E-state index in [1.807, 2.05) is 6.92 Å². The first-order valence-corrected chi connectivity index (χ1v) is 9.81. The molecule has 0 aromatic heterocycles. The Kier molecular flexibility index (Phi) is 6.81. The minimum atomic E-state index is -0.931. The summed E-state index contributed by atoms with van der Waals surface area (Å²) in [5, 5.41) is 20.5. The lowest BCUT2D eigenvalue weighted by Crippen LogP contribution is -2.32. The van der Waals surface area contributed by atoms with Crippen LogP contribution in [0.1, 0.15) is 24.1 Å². The number of likely N-dealkylation sites (tertiary alicyclic amines) is 1. The fraction of sp³-hybridized carbons (Fsp3) is 0.304. The van der Waals surface area contributed by atoms with E-state index in [0.29, 0.717) is 35.0 Å². The second-order valence-corrected chi connectivity index (χ2v) is 6.78. The van der Waals surface area contributed by atoms with Gasteiger partial charge in [-0.3, -0.25) is 9.59 Å². The Morgan fingerprint density at radius 2 is 1.71 bits per heavy atom. The SMILES string of the molecule is CCOc1ccc(/C(O)=C2/C(=O)C(=O)N(CCO)C2c2ccc(OC)cc2OC)cc1. The minimum absolute atomic E-state index is 0.0777. The maximum absolute atomic E-state index is 12.9. The lowest BCUT2D eigenvalue weighted by molar-refractivity contribution is -0.140. The summed E-state index contributed by atoms with van der Waals surface area (Å²) in [6.07, 6.45) is 0. The molecule has 31 heavy (non-hydrogen) atoms. The number of carbonyl (C=O) groups is 2. The van der Waals surface area contributed by atoms with Gasteiger partial charge in [-0.05, 0) is 43.3 Å². The van der Waals surface area contributed by atoms with Gasteiger partial charge >= 0.3 is 0 Å². The lowest BCUT2D eigenvalue weighted by Gasteiger charge is -2.26. The van der Waals surface area contributed by atoms with Gasteiger partial charge in [0.05, 0.1) is 39.0 Å². The van der Waals surface area contributed by atoms with Crippen molar-refractivity contribution < 1.29 is 34.0 Å². The zero-order valence-corrected chi connectivity index (χ0v) is 17.6. The van der Waals surface area contributed by atoms with E-state index in [4.69, 9.17) is 14.2 Å². The van der Waals surface area contributed by atoms with E-state index in [0.717, 1.165) is 0 Å². The monoisotopic (exact) mass is 427 g/mol. The number of β-amino-alcohol motifs (C(OH)–C–C–N with tert-alkyl or cyclic N) is 1. The number of benzene rings is 2. The molecular weight excluding hydrogens is 402 g/mol. The molecule has 1 heterocycles. The number of rotatable bonds is 8. The van der Waals surface area contributed by atoms with Crippen LogP contribution >= 0.6 is 0 Å². The van der Waals surface area contributed by atoms with Crippen molar-refractivity contribution in [1.29, 1.82) is 0 Å². The van der Waals surface area contributed by atoms with Gasteiger partial charge in [0, 0.05) is 23.7 Å². The Hall–Kier alpha value is -3.52. The van der Waals surface area contributed by atoms with E-state index < -0.39 is 17.7 Å². The molecule has 1 fully saturated rings. The summed E-state index contributed by atoms with van der Waals surface area (Å²) in [6, 6.07) is 10.6. The Morgan fingerprint density at radius 1 is 1.03 bits per heavy atom. The smallest absolute Gasteiger partial charge is 0.295 e. The van der Waals surface area contributed by atoms with Crippen LogP contribution in [0.3, 0.4) is 0 Å². The van der Waals surface area contributed by atoms with E-state index in [1.165, 1.54) is 19.1 Å². The normalized spacial score (nSPS) is 17.7. The van der Waals surface area contributed by atoms with Crippen LogP contribution in [0.2, 0.25) is 0 Å². The van der Waals surface area contributed by atoms with Crippen molar-refractivity contribution in [2.75, 3.05) is 34.0 Å². The van der Waals surface area contributed by atoms with Crippen molar-refractivity contribution in [1.82, 2.24) is 4.90 Å². The van der Waals surface area contributed by atoms with Gasteiger partial charge in [0.15, 0.2) is 0 Å². The summed E-state index contributed by atoms with van der Waals surface area (Å²) < 4.78 is 16.1. The molecule has 2 aromatic carbocycles. The summed E-state index contributed by atoms with van der Waals surface area (Å²) in [4.78, 5) is 26.9. The Bertz CT molecular complexity index is 997. The van der Waals surface area contributed by atoms with Crippen molar-refractivity contribution in [3.63, 3.8) is 0 Å². The number of amides is 1. The molecule has 8 nitrogen and oxygen atoms in total. The van der Waals surface area contributed by atoms with E-state index in [2.05, 4.69) is 0 Å². The van der Waals surface area contributed by atoms with Crippen LogP contribution in [0.25, 0.3) is 5.76 Å². The summed E-state index contributed by atoms with van der Waals surface area (Å²) >= 11 is 0. The third-order valence-electron chi connectivity index (χ3n) is 5.05. The van der Waals surface area contributed by atoms with Crippen molar-refractivity contribution in [3.8, 4) is 17.2 Å². The van der Waals surface area contributed by atoms with E-state index in [1.54, 1.807) is 42.5 Å². The maximum atomic E-state index is 12.9. The van der Waals surface area contributed by atoms with Gasteiger partial charge in [0.2, 0.25) is 0 Å². The molecule has 2 N–H and O–H groups in total. The second-order valence-electron chi connectivity index (χ2n) is 6.78. The highest BCUT2D eigenvalue weighted by Crippen LogP contribution is 2.43. The van der Waals surface area contributed by atoms with Gasteiger partial charge in [0.25, 0.3) is 11.7 Å². The molecule has 1 aliphatic heterocycles. The van der Waals surface area contributed by atoms with Crippen LogP contribution in [0.4, 0.5) is 0 Å². The Morgan fingerprint density at radius 3 is 2.29 bits per heavy atom. The standard InChI is InChI=1S/C23H25NO7/c1-4-31-15-7-5-14(6-8-15)21(26)19-20(24(11-12-25)23(28)22(19)27)17-10-9-16(29-2)13-18(17)30-3/h5-10,13,20,25-26H,4,11-12H2,1-3H3/b21-19-. The number of nitrogens with zero attached hydrogens (tertiary/aromatic N) is 1. The number of methoxy groups -OCH3 is 2. The molecule has 0 bridgehead atoms. The van der Waals surface area contributed by atoms with Crippen LogP contribution in [0, 0.1) is 0 Å². The predicted octanol–water partition coefficient (Wildman–Crippen LogP) is 2.52. The first-order chi connectivity index (χ1) is 15.0. The number of carbonyl (C=O) groups excluding carboxylic acids is 2. The maximum Gasteiger partial charge on any atom is 0.295 e. The zero-order chi connectivity index (χ0) is 22.5. The largest absolute Gasteiger partial charge is 0.507 e. The molecule has 2 aromatic rings. The minimum Gasteiger partial charge on any atom is -0.507 e. The first-order valence-electron chi connectivity index (χ1n) is 9.81. The van der Waals surface area contributed by atoms with Crippen LogP contribution in [0.5, 0.6) is 17.2 Å². The van der Waals surface area contributed by atoms with Crippen LogP contribution in [-0.2, 0) is 9.59 Å². The van der Waals surface area contributed by atoms with E-state index in [9.17, 15) is 19.8 Å². The number of ketones is 1. The number of aliphatic hydroxyl groups is 2. The number of hydrogen-bond acceptors (Lipinski definition) is 7. The van der Waals surface area contributed by atoms with Crippen molar-refractivity contribution in [2.24, 2.45) is 0 Å². The molecule has 1 saturated heterocycles. The summed E-state index contributed by atoms with van der Waals surface area (Å²) in [5.74, 6) is -0.414. The Labute approximate surface area is 180 Å². The first kappa shape index (κ1) is 22.2. The van der Waals surface area contributed by atoms with E-state index in [-0.39, 0.29) is 24.5 Å². The molecule has 0 saturated carbocycles. The average Bonchev–Trinajstić information content (AvgIpc) is 3.04. The molecule has 3 rings (SSSR count). The number of aliphatic hydroxyl groups excluding tert-OH is 2. The topological polar surface area (TPSA) is 106 Å². The van der Waals surface area contributed by atoms with Crippen molar-refractivity contribution >= 4 is 17.4 Å². The van der Waals surface area contributed by atoms with Gasteiger partial charge in [-0.1, -0.05) is 0 Å². The number of Topliss-reactive ketones (excluding diaryl/α,β-unsaturated/α-hetero) is 1. The molecule has 0 spiro atoms. The zero-order valence-electron chi connectivity index (χ0n) is 17.6. The highest BCUT2D eigenvalue weighted by molar-refractivity contribution is 6.46. The molecule has 8 heteroatoms. The molecular formula is C23H25NO7. The molecule has 1 atom stereocenters. The van der Waals surface area contributed by atoms with Crippen LogP contribution in [-0.4, -0.2) is 60.8 Å². The third kappa shape index (κ3) is 4.20. The molecule has 0 radical (unpaired) electrons. The fourth-order valence-electron chi connectivity index (χ4n) is 3.62. The van der Waals surface area contributed by atoms with Crippen LogP contribution < -0.4 is 14.2 Å². The highest BCUT2D eigenvalue weighted by Gasteiger charge is 2.46. The molecule has 164 valence electrons.